The molecule has 0 spiro atoms. The van der Waals surface area contributed by atoms with Crippen molar-refractivity contribution in [1.82, 2.24) is 15.6 Å². The number of fused-ring (bicyclic) bond motifs is 1. The molecule has 0 fully saturated rings. The highest BCUT2D eigenvalue weighted by molar-refractivity contribution is 7.80. The van der Waals surface area contributed by atoms with Gasteiger partial charge >= 0.3 is 0 Å². The first-order valence-corrected chi connectivity index (χ1v) is 11.1. The van der Waals surface area contributed by atoms with E-state index in [4.69, 9.17) is 21.9 Å². The molecular formula is C24H21N3O2S2. The van der Waals surface area contributed by atoms with Crippen LogP contribution < -0.4 is 15.4 Å². The first kappa shape index (κ1) is 21.0. The van der Waals surface area contributed by atoms with Gasteiger partial charge in [-0.1, -0.05) is 42.5 Å². The van der Waals surface area contributed by atoms with Gasteiger partial charge in [0.25, 0.3) is 5.91 Å². The van der Waals surface area contributed by atoms with Crippen LogP contribution in [0.2, 0.25) is 0 Å². The van der Waals surface area contributed by atoms with Gasteiger partial charge in [-0.2, -0.15) is 0 Å². The zero-order chi connectivity index (χ0) is 21.6. The molecule has 0 radical (unpaired) electrons. The van der Waals surface area contributed by atoms with Crippen LogP contribution in [0.1, 0.15) is 22.8 Å². The van der Waals surface area contributed by atoms with Gasteiger partial charge in [0, 0.05) is 17.7 Å². The van der Waals surface area contributed by atoms with Crippen LogP contribution in [-0.2, 0) is 6.54 Å². The minimum Gasteiger partial charge on any atom is -0.494 e. The number of hydrogen-bond acceptors (Lipinski definition) is 5. The second-order valence-corrected chi connectivity index (χ2v) is 8.22. The number of thiocarbonyl (C=S) groups is 1. The topological polar surface area (TPSA) is 63.2 Å². The van der Waals surface area contributed by atoms with Crippen LogP contribution in [-0.4, -0.2) is 22.6 Å². The fourth-order valence-corrected chi connectivity index (χ4v) is 4.19. The molecule has 1 aromatic heterocycles. The number of hydrogen-bond donors (Lipinski definition) is 2. The average molecular weight is 448 g/mol. The summed E-state index contributed by atoms with van der Waals surface area (Å²) < 4.78 is 6.61. The van der Waals surface area contributed by atoms with Crippen LogP contribution in [0.4, 0.5) is 0 Å². The van der Waals surface area contributed by atoms with E-state index < -0.39 is 0 Å². The summed E-state index contributed by atoms with van der Waals surface area (Å²) in [6, 6.07) is 23.3. The van der Waals surface area contributed by atoms with Crippen LogP contribution in [0.5, 0.6) is 5.75 Å². The second-order valence-electron chi connectivity index (χ2n) is 6.78. The molecule has 0 saturated heterocycles. The van der Waals surface area contributed by atoms with Crippen LogP contribution >= 0.6 is 23.6 Å². The molecule has 4 aromatic rings. The Morgan fingerprint density at radius 3 is 2.65 bits per heavy atom. The summed E-state index contributed by atoms with van der Waals surface area (Å²) in [5.74, 6) is 0.382. The van der Waals surface area contributed by atoms with Gasteiger partial charge in [-0.3, -0.25) is 10.1 Å². The number of nitrogens with one attached hydrogen (secondary N) is 2. The lowest BCUT2D eigenvalue weighted by molar-refractivity contribution is 0.0976. The Bertz CT molecular complexity index is 1190. The van der Waals surface area contributed by atoms with E-state index in [1.54, 1.807) is 29.5 Å². The number of carbonyl (C=O) groups excluding carboxylic acids is 1. The van der Waals surface area contributed by atoms with E-state index in [0.29, 0.717) is 24.5 Å². The molecule has 0 aliphatic carbocycles. The van der Waals surface area contributed by atoms with E-state index in [1.807, 2.05) is 43.3 Å². The van der Waals surface area contributed by atoms with Crippen molar-refractivity contribution < 1.29 is 9.53 Å². The molecule has 31 heavy (non-hydrogen) atoms. The Balaban J connectivity index is 1.33. The van der Waals surface area contributed by atoms with Crippen LogP contribution in [0.15, 0.2) is 72.8 Å². The molecule has 1 amide bonds. The largest absolute Gasteiger partial charge is 0.494 e. The van der Waals surface area contributed by atoms with Gasteiger partial charge in [-0.05, 0) is 55.0 Å². The molecular weight excluding hydrogens is 426 g/mol. The molecule has 1 heterocycles. The van der Waals surface area contributed by atoms with Gasteiger partial charge < -0.3 is 10.1 Å². The Hall–Kier alpha value is -3.29. The van der Waals surface area contributed by atoms with Gasteiger partial charge in [0.05, 0.1) is 16.8 Å². The van der Waals surface area contributed by atoms with Gasteiger partial charge in [-0.25, -0.2) is 4.98 Å². The number of ether oxygens (including phenoxy) is 1. The van der Waals surface area contributed by atoms with Crippen molar-refractivity contribution in [1.29, 1.82) is 0 Å². The number of nitrogens with zero attached hydrogens (tertiary/aromatic N) is 1. The maximum Gasteiger partial charge on any atom is 0.257 e. The predicted molar refractivity (Wildman–Crippen MR) is 130 cm³/mol. The lowest BCUT2D eigenvalue weighted by Crippen LogP contribution is -2.38. The van der Waals surface area contributed by atoms with Crippen molar-refractivity contribution in [2.45, 2.75) is 13.5 Å². The smallest absolute Gasteiger partial charge is 0.257 e. The van der Waals surface area contributed by atoms with Crippen molar-refractivity contribution in [3.63, 3.8) is 0 Å². The highest BCUT2D eigenvalue weighted by atomic mass is 32.1. The van der Waals surface area contributed by atoms with E-state index in [-0.39, 0.29) is 11.0 Å². The van der Waals surface area contributed by atoms with E-state index in [0.717, 1.165) is 21.7 Å². The first-order valence-electron chi connectivity index (χ1n) is 9.89. The van der Waals surface area contributed by atoms with Crippen LogP contribution in [0.3, 0.4) is 0 Å². The summed E-state index contributed by atoms with van der Waals surface area (Å²) >= 11 is 6.95. The molecule has 2 N–H and O–H groups in total. The van der Waals surface area contributed by atoms with Gasteiger partial charge in [0.2, 0.25) is 0 Å². The molecule has 0 saturated carbocycles. The Labute approximate surface area is 190 Å². The fourth-order valence-electron chi connectivity index (χ4n) is 3.06. The Kier molecular flexibility index (Phi) is 6.54. The zero-order valence-electron chi connectivity index (χ0n) is 16.9. The van der Waals surface area contributed by atoms with Gasteiger partial charge in [0.15, 0.2) is 5.11 Å². The quantitative estimate of drug-likeness (QED) is 0.400. The summed E-state index contributed by atoms with van der Waals surface area (Å²) in [7, 11) is 0. The van der Waals surface area contributed by atoms with E-state index in [9.17, 15) is 4.79 Å². The number of benzene rings is 3. The molecule has 4 rings (SSSR count). The first-order chi connectivity index (χ1) is 15.1. The van der Waals surface area contributed by atoms with Crippen molar-refractivity contribution in [2.24, 2.45) is 0 Å². The van der Waals surface area contributed by atoms with Crippen molar-refractivity contribution >= 4 is 44.8 Å². The van der Waals surface area contributed by atoms with E-state index in [1.165, 1.54) is 4.70 Å². The maximum atomic E-state index is 12.4. The third-order valence-electron chi connectivity index (χ3n) is 4.58. The monoisotopic (exact) mass is 447 g/mol. The van der Waals surface area contributed by atoms with E-state index >= 15 is 0 Å². The molecule has 0 atom stereocenters. The highest BCUT2D eigenvalue weighted by Gasteiger charge is 2.09. The standard InChI is InChI=1S/C24H21N3O2S2/c1-2-29-19-7-5-6-18(14-19)22(28)27-24(30)25-15-16-10-12-17(13-11-16)23-26-20-8-3-4-9-21(20)31-23/h3-14H,2,15H2,1H3,(H2,25,27,28,30). The second kappa shape index (κ2) is 9.68. The number of carbonyl (C=O) groups is 1. The summed E-state index contributed by atoms with van der Waals surface area (Å²) in [5.41, 5.74) is 3.64. The van der Waals surface area contributed by atoms with Gasteiger partial charge in [0.1, 0.15) is 10.8 Å². The lowest BCUT2D eigenvalue weighted by Gasteiger charge is -2.11. The number of thiazole rings is 1. The third-order valence-corrected chi connectivity index (χ3v) is 5.91. The SMILES string of the molecule is CCOc1cccc(C(=O)NC(=S)NCc2ccc(-c3nc4ccccc4s3)cc2)c1. The molecule has 0 bridgehead atoms. The molecule has 0 aliphatic rings. The molecule has 3 aromatic carbocycles. The summed E-state index contributed by atoms with van der Waals surface area (Å²) in [4.78, 5) is 17.1. The van der Waals surface area contributed by atoms with Crippen LogP contribution in [0.25, 0.3) is 20.8 Å². The molecule has 7 heteroatoms. The van der Waals surface area contributed by atoms with Crippen LogP contribution in [0, 0.1) is 0 Å². The predicted octanol–water partition coefficient (Wildman–Crippen LogP) is 5.17. The third kappa shape index (κ3) is 5.25. The minimum absolute atomic E-state index is 0.273. The highest BCUT2D eigenvalue weighted by Crippen LogP contribution is 2.29. The maximum absolute atomic E-state index is 12.4. The normalized spacial score (nSPS) is 10.6. The molecule has 0 unspecified atom stereocenters. The van der Waals surface area contributed by atoms with Crippen molar-refractivity contribution in [3.8, 4) is 16.3 Å². The fraction of sp³-hybridized carbons (Fsp3) is 0.125. The number of para-hydroxylation sites is 1. The molecule has 0 aliphatic heterocycles. The molecule has 156 valence electrons. The average Bonchev–Trinajstić information content (AvgIpc) is 3.23. The van der Waals surface area contributed by atoms with Gasteiger partial charge in [-0.15, -0.1) is 11.3 Å². The Morgan fingerprint density at radius 1 is 1.06 bits per heavy atom. The Morgan fingerprint density at radius 2 is 1.87 bits per heavy atom. The molecule has 5 nitrogen and oxygen atoms in total. The van der Waals surface area contributed by atoms with Crippen molar-refractivity contribution in [3.05, 3.63) is 83.9 Å². The lowest BCUT2D eigenvalue weighted by atomic mass is 10.1. The minimum atomic E-state index is -0.273. The summed E-state index contributed by atoms with van der Waals surface area (Å²) in [5, 5.41) is 7.06. The number of rotatable bonds is 6. The number of aromatic nitrogens is 1. The summed E-state index contributed by atoms with van der Waals surface area (Å²) in [6.45, 7) is 2.96. The number of amides is 1. The van der Waals surface area contributed by atoms with E-state index in [2.05, 4.69) is 28.8 Å². The zero-order valence-corrected chi connectivity index (χ0v) is 18.6. The summed E-state index contributed by atoms with van der Waals surface area (Å²) in [6.07, 6.45) is 0. The van der Waals surface area contributed by atoms with Crippen molar-refractivity contribution in [2.75, 3.05) is 6.61 Å².